The molecule has 0 saturated carbocycles. The molecule has 3 unspecified atom stereocenters. The largest absolute Gasteiger partial charge is 0.350 e. The summed E-state index contributed by atoms with van der Waals surface area (Å²) >= 11 is 0. The summed E-state index contributed by atoms with van der Waals surface area (Å²) in [5.41, 5.74) is 2.32. The summed E-state index contributed by atoms with van der Waals surface area (Å²) in [6, 6.07) is 24.8. The minimum atomic E-state index is -4.04. The standard InChI is InChI=1S/C33H42N3O5P/c1-4-20-36(21-5-2)33(39)29-18-12-17-28(24-29)32(38)35-31(23-26-13-8-6-9-14-26)42(40,41)22-19-30(37)34-25(3)27-15-10-7-11-16-27/h6-18,24-25,31H,4-5,19-23H2,1-3H3,(H,34,37)(H,35,38)(H,40,41). The van der Waals surface area contributed by atoms with Crippen LogP contribution in [0.4, 0.5) is 0 Å². The second-order valence-corrected chi connectivity index (χ2v) is 13.1. The van der Waals surface area contributed by atoms with Crippen LogP contribution in [0.3, 0.4) is 0 Å². The number of hydrogen-bond acceptors (Lipinski definition) is 4. The van der Waals surface area contributed by atoms with Gasteiger partial charge in [0.05, 0.1) is 6.04 Å². The Kier molecular flexibility index (Phi) is 12.5. The van der Waals surface area contributed by atoms with Crippen LogP contribution in [0.5, 0.6) is 0 Å². The summed E-state index contributed by atoms with van der Waals surface area (Å²) in [5.74, 6) is -2.18. The predicted octanol–water partition coefficient (Wildman–Crippen LogP) is 5.79. The average Bonchev–Trinajstić information content (AvgIpc) is 3.00. The number of nitrogens with zero attached hydrogens (tertiary/aromatic N) is 1. The van der Waals surface area contributed by atoms with Crippen molar-refractivity contribution in [3.05, 3.63) is 107 Å². The summed E-state index contributed by atoms with van der Waals surface area (Å²) < 4.78 is 13.7. The van der Waals surface area contributed by atoms with E-state index in [1.54, 1.807) is 23.1 Å². The lowest BCUT2D eigenvalue weighted by atomic mass is 10.1. The van der Waals surface area contributed by atoms with Gasteiger partial charge in [-0.1, -0.05) is 80.6 Å². The highest BCUT2D eigenvalue weighted by molar-refractivity contribution is 7.58. The zero-order chi connectivity index (χ0) is 30.5. The third-order valence-electron chi connectivity index (χ3n) is 7.04. The van der Waals surface area contributed by atoms with E-state index in [9.17, 15) is 23.8 Å². The van der Waals surface area contributed by atoms with Crippen LogP contribution in [-0.4, -0.2) is 52.5 Å². The highest BCUT2D eigenvalue weighted by Crippen LogP contribution is 2.47. The maximum absolute atomic E-state index is 13.7. The number of carbonyl (C=O) groups excluding carboxylic acids is 3. The van der Waals surface area contributed by atoms with Gasteiger partial charge >= 0.3 is 0 Å². The SMILES string of the molecule is CCCN(CCC)C(=O)c1cccc(C(=O)NC(Cc2ccccc2)P(=O)(O)CCC(=O)NC(C)c2ccccc2)c1. The van der Waals surface area contributed by atoms with Crippen LogP contribution in [0.1, 0.15) is 77.9 Å². The van der Waals surface area contributed by atoms with Gasteiger partial charge < -0.3 is 20.4 Å². The highest BCUT2D eigenvalue weighted by atomic mass is 31.2. The molecule has 3 aromatic rings. The lowest BCUT2D eigenvalue weighted by molar-refractivity contribution is -0.121. The van der Waals surface area contributed by atoms with E-state index in [4.69, 9.17) is 0 Å². The van der Waals surface area contributed by atoms with Gasteiger partial charge in [0.15, 0.2) is 0 Å². The van der Waals surface area contributed by atoms with Crippen LogP contribution >= 0.6 is 7.37 Å². The molecule has 3 rings (SSSR count). The molecule has 0 radical (unpaired) electrons. The van der Waals surface area contributed by atoms with Gasteiger partial charge in [0, 0.05) is 43.2 Å². The number of benzene rings is 3. The first-order chi connectivity index (χ1) is 20.1. The van der Waals surface area contributed by atoms with Crippen molar-refractivity contribution >= 4 is 25.1 Å². The number of nitrogens with one attached hydrogen (secondary N) is 2. The van der Waals surface area contributed by atoms with Crippen LogP contribution in [0, 0.1) is 0 Å². The molecule has 3 aromatic carbocycles. The zero-order valence-corrected chi connectivity index (χ0v) is 25.6. The number of rotatable bonds is 15. The molecule has 8 nitrogen and oxygen atoms in total. The molecule has 3 amide bonds. The molecule has 9 heteroatoms. The van der Waals surface area contributed by atoms with Crippen molar-refractivity contribution in [1.82, 2.24) is 15.5 Å². The van der Waals surface area contributed by atoms with E-state index >= 15 is 0 Å². The molecule has 0 aromatic heterocycles. The fourth-order valence-electron chi connectivity index (χ4n) is 4.75. The van der Waals surface area contributed by atoms with Crippen molar-refractivity contribution in [3.63, 3.8) is 0 Å². The van der Waals surface area contributed by atoms with Crippen molar-refractivity contribution in [2.24, 2.45) is 0 Å². The summed E-state index contributed by atoms with van der Waals surface area (Å²) in [6.07, 6.45) is 1.30. The highest BCUT2D eigenvalue weighted by Gasteiger charge is 2.33. The number of hydrogen-bond donors (Lipinski definition) is 3. The first kappa shape index (κ1) is 32.8. The topological polar surface area (TPSA) is 116 Å². The van der Waals surface area contributed by atoms with Gasteiger partial charge in [0.1, 0.15) is 5.78 Å². The third kappa shape index (κ3) is 9.68. The maximum Gasteiger partial charge on any atom is 0.253 e. The quantitative estimate of drug-likeness (QED) is 0.194. The Morgan fingerprint density at radius 1 is 0.833 bits per heavy atom. The molecule has 0 aliphatic carbocycles. The monoisotopic (exact) mass is 591 g/mol. The number of amides is 3. The van der Waals surface area contributed by atoms with Gasteiger partial charge in [0.25, 0.3) is 11.8 Å². The molecule has 0 fully saturated rings. The van der Waals surface area contributed by atoms with Crippen LogP contribution in [0.25, 0.3) is 0 Å². The van der Waals surface area contributed by atoms with Crippen LogP contribution in [0.2, 0.25) is 0 Å². The van der Waals surface area contributed by atoms with Crippen molar-refractivity contribution in [2.75, 3.05) is 19.3 Å². The Labute approximate surface area is 249 Å². The molecule has 0 aliphatic rings. The zero-order valence-electron chi connectivity index (χ0n) is 24.7. The molecular weight excluding hydrogens is 549 g/mol. The Balaban J connectivity index is 1.75. The molecule has 0 saturated heterocycles. The lowest BCUT2D eigenvalue weighted by Gasteiger charge is -2.25. The summed E-state index contributed by atoms with van der Waals surface area (Å²) in [6.45, 7) is 7.11. The van der Waals surface area contributed by atoms with Gasteiger partial charge in [-0.2, -0.15) is 0 Å². The summed E-state index contributed by atoms with van der Waals surface area (Å²) in [7, 11) is -4.04. The normalized spacial score (nSPS) is 13.8. The summed E-state index contributed by atoms with van der Waals surface area (Å²) in [5, 5.41) is 5.62. The minimum Gasteiger partial charge on any atom is -0.350 e. The molecule has 3 atom stereocenters. The van der Waals surface area contributed by atoms with Crippen LogP contribution in [0.15, 0.2) is 84.9 Å². The van der Waals surface area contributed by atoms with Crippen molar-refractivity contribution in [2.45, 2.75) is 58.3 Å². The molecule has 0 heterocycles. The van der Waals surface area contributed by atoms with Crippen LogP contribution < -0.4 is 10.6 Å². The molecule has 0 aliphatic heterocycles. The van der Waals surface area contributed by atoms with E-state index in [0.29, 0.717) is 18.7 Å². The van der Waals surface area contributed by atoms with Gasteiger partial charge in [0.2, 0.25) is 13.3 Å². The van der Waals surface area contributed by atoms with Gasteiger partial charge in [-0.3, -0.25) is 18.9 Å². The van der Waals surface area contributed by atoms with Crippen molar-refractivity contribution in [3.8, 4) is 0 Å². The fourth-order valence-corrected chi connectivity index (χ4v) is 6.40. The number of carbonyl (C=O) groups is 3. The van der Waals surface area contributed by atoms with Crippen LogP contribution in [-0.2, 0) is 15.8 Å². The van der Waals surface area contributed by atoms with Crippen molar-refractivity contribution in [1.29, 1.82) is 0 Å². The Bertz CT molecular complexity index is 1360. The third-order valence-corrected chi connectivity index (χ3v) is 9.19. The maximum atomic E-state index is 13.7. The Morgan fingerprint density at radius 2 is 1.43 bits per heavy atom. The minimum absolute atomic E-state index is 0.113. The molecule has 0 spiro atoms. The van der Waals surface area contributed by atoms with Gasteiger partial charge in [-0.05, 0) is 49.1 Å². The predicted molar refractivity (Wildman–Crippen MR) is 167 cm³/mol. The van der Waals surface area contributed by atoms with E-state index in [0.717, 1.165) is 24.0 Å². The van der Waals surface area contributed by atoms with Gasteiger partial charge in [-0.15, -0.1) is 0 Å². The Morgan fingerprint density at radius 3 is 2.05 bits per heavy atom. The van der Waals surface area contributed by atoms with E-state index in [-0.39, 0.29) is 42.4 Å². The van der Waals surface area contributed by atoms with E-state index in [1.807, 2.05) is 81.4 Å². The summed E-state index contributed by atoms with van der Waals surface area (Å²) in [4.78, 5) is 52.1. The second kappa shape index (κ2) is 16.0. The lowest BCUT2D eigenvalue weighted by Crippen LogP contribution is -2.38. The first-order valence-electron chi connectivity index (χ1n) is 14.5. The molecule has 0 bridgehead atoms. The van der Waals surface area contributed by atoms with E-state index in [2.05, 4.69) is 10.6 Å². The van der Waals surface area contributed by atoms with E-state index < -0.39 is 19.1 Å². The average molecular weight is 592 g/mol. The first-order valence-corrected chi connectivity index (χ1v) is 16.5. The van der Waals surface area contributed by atoms with Gasteiger partial charge in [-0.25, -0.2) is 0 Å². The Hall–Kier alpha value is -3.74. The van der Waals surface area contributed by atoms with E-state index in [1.165, 1.54) is 6.07 Å². The van der Waals surface area contributed by atoms with Crippen molar-refractivity contribution < 1.29 is 23.8 Å². The fraction of sp³-hybridized carbons (Fsp3) is 0.364. The molecular formula is C33H42N3O5P. The smallest absolute Gasteiger partial charge is 0.253 e. The molecule has 224 valence electrons. The second-order valence-electron chi connectivity index (χ2n) is 10.5. The molecule has 3 N–H and O–H groups in total. The molecule has 42 heavy (non-hydrogen) atoms.